The Morgan fingerprint density at radius 2 is 1.77 bits per heavy atom. The Hall–Kier alpha value is -1.51. The van der Waals surface area contributed by atoms with Crippen molar-refractivity contribution in [2.24, 2.45) is 10.9 Å². The lowest BCUT2D eigenvalue weighted by Gasteiger charge is -2.20. The minimum absolute atomic E-state index is 0. The lowest BCUT2D eigenvalue weighted by Crippen LogP contribution is -2.41. The minimum Gasteiger partial charge on any atom is -0.375 e. The molecular formula is C19H34IN5O. The summed E-state index contributed by atoms with van der Waals surface area (Å²) in [6.07, 6.45) is 0.982. The van der Waals surface area contributed by atoms with Gasteiger partial charge in [0, 0.05) is 46.5 Å². The third-order valence-corrected chi connectivity index (χ3v) is 3.71. The zero-order chi connectivity index (χ0) is 18.7. The number of benzene rings is 1. The molecule has 0 saturated heterocycles. The minimum atomic E-state index is -0.00513. The molecule has 0 unspecified atom stereocenters. The fraction of sp³-hybridized carbons (Fsp3) is 0.579. The lowest BCUT2D eigenvalue weighted by atomic mass is 10.2. The third kappa shape index (κ3) is 10.5. The molecule has 7 heteroatoms. The normalized spacial score (nSPS) is 10.9. The van der Waals surface area contributed by atoms with Gasteiger partial charge in [-0.15, -0.1) is 24.0 Å². The summed E-state index contributed by atoms with van der Waals surface area (Å²) in [5.41, 5.74) is 1.21. The number of nitrogens with one attached hydrogen (secondary N) is 2. The number of halogens is 1. The van der Waals surface area contributed by atoms with Gasteiger partial charge in [-0.1, -0.05) is 32.0 Å². The molecule has 0 radical (unpaired) electrons. The second-order valence-electron chi connectivity index (χ2n) is 6.77. The topological polar surface area (TPSA) is 60.0 Å². The molecule has 0 atom stereocenters. The molecule has 0 aliphatic heterocycles. The SMILES string of the molecule is CC(C)CNC(=NCC(=O)N(C)C)NCCCN(C)c1ccccc1.I. The summed E-state index contributed by atoms with van der Waals surface area (Å²) >= 11 is 0. The van der Waals surface area contributed by atoms with E-state index in [0.717, 1.165) is 26.1 Å². The van der Waals surface area contributed by atoms with Gasteiger partial charge in [0.25, 0.3) is 0 Å². The highest BCUT2D eigenvalue weighted by Crippen LogP contribution is 2.10. The van der Waals surface area contributed by atoms with Crippen LogP contribution < -0.4 is 15.5 Å². The van der Waals surface area contributed by atoms with E-state index in [1.54, 1.807) is 19.0 Å². The van der Waals surface area contributed by atoms with Crippen LogP contribution >= 0.6 is 24.0 Å². The number of likely N-dealkylation sites (N-methyl/N-ethyl adjacent to an activating group) is 1. The van der Waals surface area contributed by atoms with Crippen molar-refractivity contribution in [3.8, 4) is 0 Å². The van der Waals surface area contributed by atoms with Crippen LogP contribution in [0.2, 0.25) is 0 Å². The van der Waals surface area contributed by atoms with E-state index in [1.807, 2.05) is 18.2 Å². The zero-order valence-electron chi connectivity index (χ0n) is 16.7. The summed E-state index contributed by atoms with van der Waals surface area (Å²) in [6, 6.07) is 10.3. The van der Waals surface area contributed by atoms with Crippen LogP contribution in [0.3, 0.4) is 0 Å². The van der Waals surface area contributed by atoms with E-state index >= 15 is 0 Å². The molecule has 148 valence electrons. The number of aliphatic imine (C=N–C) groups is 1. The number of hydrogen-bond donors (Lipinski definition) is 2. The Bertz CT molecular complexity index is 534. The van der Waals surface area contributed by atoms with E-state index < -0.39 is 0 Å². The van der Waals surface area contributed by atoms with Crippen molar-refractivity contribution in [1.29, 1.82) is 0 Å². The van der Waals surface area contributed by atoms with Crippen LogP contribution in [0.25, 0.3) is 0 Å². The number of nitrogens with zero attached hydrogens (tertiary/aromatic N) is 3. The quantitative estimate of drug-likeness (QED) is 0.249. The molecule has 1 aromatic carbocycles. The summed E-state index contributed by atoms with van der Waals surface area (Å²) in [6.45, 7) is 7.02. The van der Waals surface area contributed by atoms with Gasteiger partial charge in [-0.2, -0.15) is 0 Å². The first-order valence-corrected chi connectivity index (χ1v) is 8.88. The molecule has 1 amide bonds. The molecule has 1 rings (SSSR count). The highest BCUT2D eigenvalue weighted by atomic mass is 127. The van der Waals surface area contributed by atoms with Gasteiger partial charge in [-0.25, -0.2) is 4.99 Å². The van der Waals surface area contributed by atoms with Crippen LogP contribution in [-0.4, -0.2) is 64.1 Å². The third-order valence-electron chi connectivity index (χ3n) is 3.71. The van der Waals surface area contributed by atoms with Crippen molar-refractivity contribution in [2.45, 2.75) is 20.3 Å². The summed E-state index contributed by atoms with van der Waals surface area (Å²) in [5, 5.41) is 6.61. The van der Waals surface area contributed by atoms with Gasteiger partial charge in [-0.3, -0.25) is 4.79 Å². The number of amides is 1. The number of hydrogen-bond acceptors (Lipinski definition) is 3. The maximum atomic E-state index is 11.7. The molecule has 0 bridgehead atoms. The predicted octanol–water partition coefficient (Wildman–Crippen LogP) is 2.41. The van der Waals surface area contributed by atoms with Gasteiger partial charge in [-0.05, 0) is 24.5 Å². The van der Waals surface area contributed by atoms with Crippen molar-refractivity contribution in [3.63, 3.8) is 0 Å². The molecule has 0 aliphatic carbocycles. The predicted molar refractivity (Wildman–Crippen MR) is 122 cm³/mol. The molecule has 2 N–H and O–H groups in total. The Kier molecular flexibility index (Phi) is 12.9. The first-order chi connectivity index (χ1) is 11.9. The van der Waals surface area contributed by atoms with Crippen molar-refractivity contribution in [1.82, 2.24) is 15.5 Å². The monoisotopic (exact) mass is 475 g/mol. The smallest absolute Gasteiger partial charge is 0.243 e. The Balaban J connectivity index is 0.00000625. The Labute approximate surface area is 175 Å². The number of guanidine groups is 1. The largest absolute Gasteiger partial charge is 0.375 e. The Morgan fingerprint density at radius 1 is 1.12 bits per heavy atom. The van der Waals surface area contributed by atoms with Crippen molar-refractivity contribution >= 4 is 41.5 Å². The van der Waals surface area contributed by atoms with E-state index in [2.05, 4.69) is 53.6 Å². The molecule has 0 heterocycles. The van der Waals surface area contributed by atoms with Crippen LogP contribution in [0.15, 0.2) is 35.3 Å². The van der Waals surface area contributed by atoms with E-state index in [4.69, 9.17) is 0 Å². The highest BCUT2D eigenvalue weighted by molar-refractivity contribution is 14.0. The average Bonchev–Trinajstić information content (AvgIpc) is 2.60. The molecule has 0 fully saturated rings. The van der Waals surface area contributed by atoms with Crippen molar-refractivity contribution in [2.75, 3.05) is 52.2 Å². The van der Waals surface area contributed by atoms with E-state index in [1.165, 1.54) is 5.69 Å². The molecule has 0 aliphatic rings. The maximum absolute atomic E-state index is 11.7. The molecule has 6 nitrogen and oxygen atoms in total. The van der Waals surface area contributed by atoms with E-state index in [9.17, 15) is 4.79 Å². The first kappa shape index (κ1) is 24.5. The Morgan fingerprint density at radius 3 is 2.35 bits per heavy atom. The fourth-order valence-electron chi connectivity index (χ4n) is 2.10. The number of carbonyl (C=O) groups is 1. The summed E-state index contributed by atoms with van der Waals surface area (Å²) in [4.78, 5) is 19.9. The zero-order valence-corrected chi connectivity index (χ0v) is 19.0. The van der Waals surface area contributed by atoms with E-state index in [0.29, 0.717) is 11.9 Å². The average molecular weight is 475 g/mol. The first-order valence-electron chi connectivity index (χ1n) is 8.88. The van der Waals surface area contributed by atoms with Crippen LogP contribution in [0.4, 0.5) is 5.69 Å². The van der Waals surface area contributed by atoms with Gasteiger partial charge in [0.1, 0.15) is 6.54 Å². The molecule has 0 saturated carbocycles. The summed E-state index contributed by atoms with van der Waals surface area (Å²) < 4.78 is 0. The maximum Gasteiger partial charge on any atom is 0.243 e. The number of anilines is 1. The number of carbonyl (C=O) groups excluding carboxylic acids is 1. The van der Waals surface area contributed by atoms with Crippen molar-refractivity contribution < 1.29 is 4.79 Å². The van der Waals surface area contributed by atoms with Gasteiger partial charge in [0.05, 0.1) is 0 Å². The van der Waals surface area contributed by atoms with Crippen LogP contribution in [0.1, 0.15) is 20.3 Å². The molecule has 26 heavy (non-hydrogen) atoms. The summed E-state index contributed by atoms with van der Waals surface area (Å²) in [7, 11) is 5.58. The van der Waals surface area contributed by atoms with Crippen LogP contribution in [0, 0.1) is 5.92 Å². The van der Waals surface area contributed by atoms with Gasteiger partial charge in [0.2, 0.25) is 5.91 Å². The number of rotatable bonds is 9. The van der Waals surface area contributed by atoms with Crippen molar-refractivity contribution in [3.05, 3.63) is 30.3 Å². The molecule has 0 aromatic heterocycles. The lowest BCUT2D eigenvalue weighted by molar-refractivity contribution is -0.127. The second kappa shape index (κ2) is 13.7. The molecular weight excluding hydrogens is 441 g/mol. The molecule has 1 aromatic rings. The fourth-order valence-corrected chi connectivity index (χ4v) is 2.10. The summed E-state index contributed by atoms with van der Waals surface area (Å²) in [5.74, 6) is 1.21. The van der Waals surface area contributed by atoms with Gasteiger partial charge < -0.3 is 20.4 Å². The van der Waals surface area contributed by atoms with Crippen LogP contribution in [0.5, 0.6) is 0 Å². The number of para-hydroxylation sites is 1. The van der Waals surface area contributed by atoms with Gasteiger partial charge in [0.15, 0.2) is 5.96 Å². The van der Waals surface area contributed by atoms with Crippen LogP contribution in [-0.2, 0) is 4.79 Å². The second-order valence-corrected chi connectivity index (χ2v) is 6.77. The van der Waals surface area contributed by atoms with Gasteiger partial charge >= 0.3 is 0 Å². The highest BCUT2D eigenvalue weighted by Gasteiger charge is 2.05. The molecule has 0 spiro atoms. The van der Waals surface area contributed by atoms with E-state index in [-0.39, 0.29) is 36.4 Å². The standard InChI is InChI=1S/C19H33N5O.HI/c1-16(2)14-21-19(22-15-18(25)23(3)4)20-12-9-13-24(5)17-10-7-6-8-11-17;/h6-8,10-11,16H,9,12-15H2,1-5H3,(H2,20,21,22);1H.